The molecular weight excluding hydrogens is 292 g/mol. The summed E-state index contributed by atoms with van der Waals surface area (Å²) in [7, 11) is 0. The van der Waals surface area contributed by atoms with Crippen molar-refractivity contribution in [2.45, 2.75) is 18.4 Å². The SMILES string of the molecule is O=C(NC1(CO)CCSCC1)c1ccnc2[nH]c(=O)[nH]c12. The quantitative estimate of drug-likeness (QED) is 0.649. The van der Waals surface area contributed by atoms with Crippen molar-refractivity contribution < 1.29 is 9.90 Å². The number of aliphatic hydroxyl groups excluding tert-OH is 1. The lowest BCUT2D eigenvalue weighted by atomic mass is 9.92. The number of thioether (sulfide) groups is 1. The third-order valence-corrected chi connectivity index (χ3v) is 4.78. The van der Waals surface area contributed by atoms with Gasteiger partial charge in [0.1, 0.15) is 0 Å². The Hall–Kier alpha value is -1.80. The molecule has 0 radical (unpaired) electrons. The van der Waals surface area contributed by atoms with Crippen LogP contribution in [-0.4, -0.2) is 49.6 Å². The van der Waals surface area contributed by atoms with Crippen LogP contribution in [0.25, 0.3) is 11.2 Å². The lowest BCUT2D eigenvalue weighted by Crippen LogP contribution is -2.53. The Bertz CT molecular complexity index is 718. The second-order valence-corrected chi connectivity index (χ2v) is 6.39. The monoisotopic (exact) mass is 308 g/mol. The lowest BCUT2D eigenvalue weighted by Gasteiger charge is -2.36. The molecule has 4 N–H and O–H groups in total. The van der Waals surface area contributed by atoms with E-state index in [0.29, 0.717) is 16.7 Å². The van der Waals surface area contributed by atoms with E-state index in [0.717, 1.165) is 24.3 Å². The summed E-state index contributed by atoms with van der Waals surface area (Å²) < 4.78 is 0. The van der Waals surface area contributed by atoms with Crippen molar-refractivity contribution in [1.82, 2.24) is 20.3 Å². The molecule has 1 aliphatic rings. The van der Waals surface area contributed by atoms with E-state index in [1.54, 1.807) is 6.07 Å². The molecule has 2 aromatic heterocycles. The molecule has 1 saturated heterocycles. The predicted molar refractivity (Wildman–Crippen MR) is 80.6 cm³/mol. The fourth-order valence-electron chi connectivity index (χ4n) is 2.52. The minimum absolute atomic E-state index is 0.0861. The second kappa shape index (κ2) is 5.53. The van der Waals surface area contributed by atoms with Crippen molar-refractivity contribution in [2.75, 3.05) is 18.1 Å². The van der Waals surface area contributed by atoms with Gasteiger partial charge in [-0.25, -0.2) is 9.78 Å². The Kier molecular flexibility index (Phi) is 3.73. The Morgan fingerprint density at radius 2 is 2.19 bits per heavy atom. The molecule has 0 aliphatic carbocycles. The van der Waals surface area contributed by atoms with Crippen LogP contribution in [-0.2, 0) is 0 Å². The van der Waals surface area contributed by atoms with Crippen molar-refractivity contribution >= 4 is 28.8 Å². The highest BCUT2D eigenvalue weighted by Crippen LogP contribution is 2.27. The third-order valence-electron chi connectivity index (χ3n) is 3.80. The summed E-state index contributed by atoms with van der Waals surface area (Å²) in [6.45, 7) is -0.0861. The second-order valence-electron chi connectivity index (χ2n) is 5.17. The highest BCUT2D eigenvalue weighted by atomic mass is 32.2. The number of amides is 1. The standard InChI is InChI=1S/C13H16N4O3S/c18-7-13(2-5-21-6-3-13)17-11(19)8-1-4-14-10-9(8)15-12(20)16-10/h1,4,18H,2-3,5-7H2,(H,17,19)(H2,14,15,16,20). The maximum absolute atomic E-state index is 12.5. The Labute approximate surface area is 124 Å². The molecule has 21 heavy (non-hydrogen) atoms. The molecule has 112 valence electrons. The molecule has 0 bridgehead atoms. The zero-order valence-corrected chi connectivity index (χ0v) is 12.1. The molecule has 0 spiro atoms. The minimum Gasteiger partial charge on any atom is -0.394 e. The van der Waals surface area contributed by atoms with Crippen LogP contribution in [0.3, 0.4) is 0 Å². The largest absolute Gasteiger partial charge is 0.394 e. The van der Waals surface area contributed by atoms with E-state index in [4.69, 9.17) is 0 Å². The van der Waals surface area contributed by atoms with E-state index in [9.17, 15) is 14.7 Å². The number of carbonyl (C=O) groups excluding carboxylic acids is 1. The number of pyridine rings is 1. The van der Waals surface area contributed by atoms with Crippen molar-refractivity contribution in [3.8, 4) is 0 Å². The van der Waals surface area contributed by atoms with E-state index in [2.05, 4.69) is 20.3 Å². The number of hydrogen-bond acceptors (Lipinski definition) is 5. The van der Waals surface area contributed by atoms with Gasteiger partial charge in [-0.1, -0.05) is 0 Å². The number of carbonyl (C=O) groups is 1. The normalized spacial score (nSPS) is 17.8. The molecule has 3 rings (SSSR count). The van der Waals surface area contributed by atoms with Crippen molar-refractivity contribution in [1.29, 1.82) is 0 Å². The van der Waals surface area contributed by atoms with Gasteiger partial charge in [-0.3, -0.25) is 9.78 Å². The maximum Gasteiger partial charge on any atom is 0.325 e. The molecule has 1 aliphatic heterocycles. The number of H-pyrrole nitrogens is 2. The van der Waals surface area contributed by atoms with Gasteiger partial charge in [0.25, 0.3) is 5.91 Å². The van der Waals surface area contributed by atoms with Crippen LogP contribution in [0, 0.1) is 0 Å². The number of imidazole rings is 1. The topological polar surface area (TPSA) is 111 Å². The Morgan fingerprint density at radius 1 is 1.43 bits per heavy atom. The fourth-order valence-corrected chi connectivity index (χ4v) is 3.79. The average Bonchev–Trinajstić information content (AvgIpc) is 2.88. The van der Waals surface area contributed by atoms with E-state index < -0.39 is 11.2 Å². The molecule has 3 heterocycles. The first-order chi connectivity index (χ1) is 10.1. The fraction of sp³-hybridized carbons (Fsp3) is 0.462. The van der Waals surface area contributed by atoms with Gasteiger partial charge in [0, 0.05) is 6.20 Å². The predicted octanol–water partition coefficient (Wildman–Crippen LogP) is 0.239. The van der Waals surface area contributed by atoms with Crippen LogP contribution < -0.4 is 11.0 Å². The number of fused-ring (bicyclic) bond motifs is 1. The summed E-state index contributed by atoms with van der Waals surface area (Å²) in [5.74, 6) is 1.51. The van der Waals surface area contributed by atoms with E-state index >= 15 is 0 Å². The van der Waals surface area contributed by atoms with Gasteiger partial charge < -0.3 is 15.4 Å². The van der Waals surface area contributed by atoms with E-state index in [1.165, 1.54) is 6.20 Å². The number of rotatable bonds is 3. The summed E-state index contributed by atoms with van der Waals surface area (Å²) >= 11 is 1.82. The third kappa shape index (κ3) is 2.68. The molecule has 1 fully saturated rings. The van der Waals surface area contributed by atoms with Crippen LogP contribution >= 0.6 is 11.8 Å². The molecule has 0 unspecified atom stereocenters. The van der Waals surface area contributed by atoms with Crippen LogP contribution in [0.1, 0.15) is 23.2 Å². The zero-order valence-electron chi connectivity index (χ0n) is 11.3. The smallest absolute Gasteiger partial charge is 0.325 e. The van der Waals surface area contributed by atoms with Gasteiger partial charge in [-0.15, -0.1) is 0 Å². The number of hydrogen-bond donors (Lipinski definition) is 4. The zero-order chi connectivity index (χ0) is 14.9. The first-order valence-electron chi connectivity index (χ1n) is 6.72. The van der Waals surface area contributed by atoms with Gasteiger partial charge in [0.15, 0.2) is 5.65 Å². The summed E-state index contributed by atoms with van der Waals surface area (Å²) in [5.41, 5.74) is 0.116. The summed E-state index contributed by atoms with van der Waals surface area (Å²) in [6, 6.07) is 1.56. The molecule has 0 aromatic carbocycles. The lowest BCUT2D eigenvalue weighted by molar-refractivity contribution is 0.0819. The summed E-state index contributed by atoms with van der Waals surface area (Å²) in [4.78, 5) is 33.0. The summed E-state index contributed by atoms with van der Waals surface area (Å²) in [5, 5.41) is 12.6. The first kappa shape index (κ1) is 14.2. The van der Waals surface area contributed by atoms with Crippen LogP contribution in [0.15, 0.2) is 17.1 Å². The van der Waals surface area contributed by atoms with E-state index in [1.807, 2.05) is 11.8 Å². The number of nitrogens with one attached hydrogen (secondary N) is 3. The molecule has 0 saturated carbocycles. The summed E-state index contributed by atoms with van der Waals surface area (Å²) in [6.07, 6.45) is 2.94. The minimum atomic E-state index is -0.575. The van der Waals surface area contributed by atoms with Crippen molar-refractivity contribution in [3.63, 3.8) is 0 Å². The molecule has 8 heteroatoms. The molecule has 2 aromatic rings. The highest BCUT2D eigenvalue weighted by Gasteiger charge is 2.33. The van der Waals surface area contributed by atoms with Crippen LogP contribution in [0.5, 0.6) is 0 Å². The van der Waals surface area contributed by atoms with Crippen LogP contribution in [0.4, 0.5) is 0 Å². The Balaban J connectivity index is 1.91. The number of aromatic amines is 2. The molecule has 1 amide bonds. The average molecular weight is 308 g/mol. The van der Waals surface area contributed by atoms with Crippen molar-refractivity contribution in [2.24, 2.45) is 0 Å². The van der Waals surface area contributed by atoms with Gasteiger partial charge in [0.2, 0.25) is 0 Å². The van der Waals surface area contributed by atoms with Gasteiger partial charge >= 0.3 is 5.69 Å². The Morgan fingerprint density at radius 3 is 2.90 bits per heavy atom. The van der Waals surface area contributed by atoms with Gasteiger partial charge in [-0.2, -0.15) is 11.8 Å². The van der Waals surface area contributed by atoms with Gasteiger partial charge in [-0.05, 0) is 30.4 Å². The molecule has 7 nitrogen and oxygen atoms in total. The highest BCUT2D eigenvalue weighted by molar-refractivity contribution is 7.99. The number of nitrogens with zero attached hydrogens (tertiary/aromatic N) is 1. The maximum atomic E-state index is 12.5. The number of aliphatic hydroxyl groups is 1. The molecular formula is C13H16N4O3S. The van der Waals surface area contributed by atoms with Crippen molar-refractivity contribution in [3.05, 3.63) is 28.3 Å². The van der Waals surface area contributed by atoms with Gasteiger partial charge in [0.05, 0.1) is 23.2 Å². The van der Waals surface area contributed by atoms with Crippen LogP contribution in [0.2, 0.25) is 0 Å². The first-order valence-corrected chi connectivity index (χ1v) is 7.87. The number of aromatic nitrogens is 3. The molecule has 0 atom stereocenters. The van der Waals surface area contributed by atoms with E-state index in [-0.39, 0.29) is 12.5 Å².